The standard InChI is InChI=1S/C18H19N5O3S/c1-3-22(4-2)15(24)11-23-10-6-7-12(18(23)26)17(25)19-13-8-5-9-14-16(13)21-27-20-14/h5-10H,3-4,11H2,1-2H3,(H,19,25). The minimum Gasteiger partial charge on any atom is -0.342 e. The number of nitrogens with zero attached hydrogens (tertiary/aromatic N) is 4. The first-order chi connectivity index (χ1) is 13.0. The molecular weight excluding hydrogens is 366 g/mol. The average Bonchev–Trinajstić information content (AvgIpc) is 3.14. The second-order valence-corrected chi connectivity index (χ2v) is 6.34. The van der Waals surface area contributed by atoms with Crippen LogP contribution in [0.25, 0.3) is 11.0 Å². The predicted octanol–water partition coefficient (Wildman–Crippen LogP) is 1.97. The van der Waals surface area contributed by atoms with Crippen LogP contribution in [0.5, 0.6) is 0 Å². The first-order valence-electron chi connectivity index (χ1n) is 8.55. The maximum Gasteiger partial charge on any atom is 0.263 e. The van der Waals surface area contributed by atoms with Gasteiger partial charge in [-0.3, -0.25) is 14.4 Å². The van der Waals surface area contributed by atoms with Gasteiger partial charge in [0, 0.05) is 19.3 Å². The topological polar surface area (TPSA) is 97.2 Å². The Morgan fingerprint density at radius 2 is 1.93 bits per heavy atom. The molecule has 8 nitrogen and oxygen atoms in total. The van der Waals surface area contributed by atoms with E-state index in [2.05, 4.69) is 14.1 Å². The molecule has 0 bridgehead atoms. The molecular formula is C18H19N5O3S. The van der Waals surface area contributed by atoms with Gasteiger partial charge in [-0.05, 0) is 38.1 Å². The SMILES string of the molecule is CCN(CC)C(=O)Cn1cccc(C(=O)Nc2cccc3nsnc23)c1=O. The molecule has 0 fully saturated rings. The molecule has 0 saturated carbocycles. The molecule has 27 heavy (non-hydrogen) atoms. The number of pyridine rings is 1. The van der Waals surface area contributed by atoms with Crippen molar-refractivity contribution in [3.05, 3.63) is 52.4 Å². The first kappa shape index (κ1) is 18.7. The van der Waals surface area contributed by atoms with Gasteiger partial charge in [-0.15, -0.1) is 0 Å². The first-order valence-corrected chi connectivity index (χ1v) is 9.28. The molecule has 0 radical (unpaired) electrons. The number of carbonyl (C=O) groups is 2. The summed E-state index contributed by atoms with van der Waals surface area (Å²) in [7, 11) is 0. The van der Waals surface area contributed by atoms with Gasteiger partial charge in [0.15, 0.2) is 0 Å². The Morgan fingerprint density at radius 3 is 2.67 bits per heavy atom. The van der Waals surface area contributed by atoms with Crippen molar-refractivity contribution in [3.63, 3.8) is 0 Å². The van der Waals surface area contributed by atoms with E-state index in [0.717, 1.165) is 11.7 Å². The molecule has 2 amide bonds. The van der Waals surface area contributed by atoms with Crippen molar-refractivity contribution < 1.29 is 9.59 Å². The molecule has 3 rings (SSSR count). The molecule has 3 aromatic rings. The largest absolute Gasteiger partial charge is 0.342 e. The van der Waals surface area contributed by atoms with Gasteiger partial charge in [0.1, 0.15) is 23.1 Å². The van der Waals surface area contributed by atoms with E-state index in [4.69, 9.17) is 0 Å². The number of benzene rings is 1. The Labute approximate surface area is 159 Å². The predicted molar refractivity (Wildman–Crippen MR) is 104 cm³/mol. The lowest BCUT2D eigenvalue weighted by Gasteiger charge is -2.19. The number of rotatable bonds is 6. The Hall–Kier alpha value is -3.07. The second kappa shape index (κ2) is 8.09. The molecule has 0 spiro atoms. The summed E-state index contributed by atoms with van der Waals surface area (Å²) in [5.41, 5.74) is 1.18. The molecule has 9 heteroatoms. The Morgan fingerprint density at radius 1 is 1.15 bits per heavy atom. The van der Waals surface area contributed by atoms with Crippen molar-refractivity contribution in [1.82, 2.24) is 18.2 Å². The highest BCUT2D eigenvalue weighted by molar-refractivity contribution is 7.00. The molecule has 0 aliphatic heterocycles. The molecule has 140 valence electrons. The molecule has 2 heterocycles. The summed E-state index contributed by atoms with van der Waals surface area (Å²) in [5.74, 6) is -0.719. The summed E-state index contributed by atoms with van der Waals surface area (Å²) < 4.78 is 9.54. The van der Waals surface area contributed by atoms with Crippen molar-refractivity contribution in [1.29, 1.82) is 0 Å². The number of amides is 2. The summed E-state index contributed by atoms with van der Waals surface area (Å²) in [6.45, 7) is 4.78. The number of hydrogen-bond acceptors (Lipinski definition) is 6. The zero-order valence-corrected chi connectivity index (χ0v) is 15.8. The number of anilines is 1. The van der Waals surface area contributed by atoms with Gasteiger partial charge in [-0.1, -0.05) is 6.07 Å². The van der Waals surface area contributed by atoms with Gasteiger partial charge in [0.25, 0.3) is 11.5 Å². The van der Waals surface area contributed by atoms with E-state index < -0.39 is 11.5 Å². The van der Waals surface area contributed by atoms with Crippen LogP contribution in [0.1, 0.15) is 24.2 Å². The van der Waals surface area contributed by atoms with Crippen molar-refractivity contribution in [2.75, 3.05) is 18.4 Å². The minimum atomic E-state index is -0.551. The maximum atomic E-state index is 12.7. The second-order valence-electron chi connectivity index (χ2n) is 5.81. The van der Waals surface area contributed by atoms with E-state index in [1.807, 2.05) is 13.8 Å². The molecule has 0 aliphatic carbocycles. The summed E-state index contributed by atoms with van der Waals surface area (Å²) in [6, 6.07) is 8.27. The maximum absolute atomic E-state index is 12.7. The Balaban J connectivity index is 1.85. The molecule has 2 aromatic heterocycles. The smallest absolute Gasteiger partial charge is 0.263 e. The van der Waals surface area contributed by atoms with Crippen LogP contribution >= 0.6 is 11.7 Å². The third-order valence-corrected chi connectivity index (χ3v) is 4.76. The molecule has 1 aromatic carbocycles. The van der Waals surface area contributed by atoms with Gasteiger partial charge in [0.2, 0.25) is 5.91 Å². The van der Waals surface area contributed by atoms with Gasteiger partial charge in [0.05, 0.1) is 17.4 Å². The van der Waals surface area contributed by atoms with Crippen LogP contribution in [0.3, 0.4) is 0 Å². The van der Waals surface area contributed by atoms with Crippen molar-refractivity contribution in [2.45, 2.75) is 20.4 Å². The molecule has 0 saturated heterocycles. The number of fused-ring (bicyclic) bond motifs is 1. The molecule has 1 N–H and O–H groups in total. The molecule has 0 unspecified atom stereocenters. The lowest BCUT2D eigenvalue weighted by Crippen LogP contribution is -2.37. The highest BCUT2D eigenvalue weighted by Crippen LogP contribution is 2.21. The third kappa shape index (κ3) is 3.87. The van der Waals surface area contributed by atoms with Crippen molar-refractivity contribution in [3.8, 4) is 0 Å². The summed E-state index contributed by atoms with van der Waals surface area (Å²) in [6.07, 6.45) is 1.51. The van der Waals surface area contributed by atoms with Crippen LogP contribution in [-0.2, 0) is 11.3 Å². The monoisotopic (exact) mass is 385 g/mol. The van der Waals surface area contributed by atoms with Crippen LogP contribution in [-0.4, -0.2) is 43.1 Å². The van der Waals surface area contributed by atoms with Crippen LogP contribution in [0.4, 0.5) is 5.69 Å². The van der Waals surface area contributed by atoms with Gasteiger partial charge >= 0.3 is 0 Å². The van der Waals surface area contributed by atoms with E-state index >= 15 is 0 Å². The van der Waals surface area contributed by atoms with Crippen LogP contribution in [0, 0.1) is 0 Å². The average molecular weight is 385 g/mol. The number of aromatic nitrogens is 3. The normalized spacial score (nSPS) is 10.7. The minimum absolute atomic E-state index is 0.0370. The number of hydrogen-bond donors (Lipinski definition) is 1. The van der Waals surface area contributed by atoms with Gasteiger partial charge < -0.3 is 14.8 Å². The fourth-order valence-corrected chi connectivity index (χ4v) is 3.30. The highest BCUT2D eigenvalue weighted by atomic mass is 32.1. The lowest BCUT2D eigenvalue weighted by atomic mass is 10.2. The zero-order chi connectivity index (χ0) is 19.4. The lowest BCUT2D eigenvalue weighted by molar-refractivity contribution is -0.131. The van der Waals surface area contributed by atoms with E-state index in [0.29, 0.717) is 29.8 Å². The van der Waals surface area contributed by atoms with Crippen LogP contribution in [0.2, 0.25) is 0 Å². The third-order valence-electron chi connectivity index (χ3n) is 4.22. The number of likely N-dealkylation sites (N-methyl/N-ethyl adjacent to an activating group) is 1. The van der Waals surface area contributed by atoms with E-state index in [1.165, 1.54) is 16.8 Å². The number of carbonyl (C=O) groups excluding carboxylic acids is 2. The van der Waals surface area contributed by atoms with E-state index in [-0.39, 0.29) is 18.0 Å². The van der Waals surface area contributed by atoms with Crippen molar-refractivity contribution >= 4 is 40.3 Å². The summed E-state index contributed by atoms with van der Waals surface area (Å²) in [4.78, 5) is 39.2. The van der Waals surface area contributed by atoms with Crippen LogP contribution in [0.15, 0.2) is 41.3 Å². The Bertz CT molecular complexity index is 1040. The fraction of sp³-hybridized carbons (Fsp3) is 0.278. The van der Waals surface area contributed by atoms with Gasteiger partial charge in [-0.2, -0.15) is 8.75 Å². The highest BCUT2D eigenvalue weighted by Gasteiger charge is 2.17. The molecule has 0 aliphatic rings. The van der Waals surface area contributed by atoms with Gasteiger partial charge in [-0.25, -0.2) is 0 Å². The van der Waals surface area contributed by atoms with E-state index in [1.54, 1.807) is 29.2 Å². The molecule has 0 atom stereocenters. The summed E-state index contributed by atoms with van der Waals surface area (Å²) >= 11 is 1.05. The van der Waals surface area contributed by atoms with E-state index in [9.17, 15) is 14.4 Å². The van der Waals surface area contributed by atoms with Crippen LogP contribution < -0.4 is 10.9 Å². The zero-order valence-electron chi connectivity index (χ0n) is 15.0. The Kier molecular flexibility index (Phi) is 5.60. The summed E-state index contributed by atoms with van der Waals surface area (Å²) in [5, 5.41) is 2.71. The van der Waals surface area contributed by atoms with Crippen molar-refractivity contribution in [2.24, 2.45) is 0 Å². The quantitative estimate of drug-likeness (QED) is 0.700. The fourth-order valence-electron chi connectivity index (χ4n) is 2.75. The number of nitrogens with one attached hydrogen (secondary N) is 1.